The van der Waals surface area contributed by atoms with Crippen LogP contribution in [-0.2, 0) is 9.53 Å². The van der Waals surface area contributed by atoms with Crippen LogP contribution < -0.4 is 0 Å². The maximum Gasteiger partial charge on any atom is 0.235 e. The Labute approximate surface area is 77.6 Å². The molecule has 0 spiro atoms. The number of halogens is 1. The van der Waals surface area contributed by atoms with Crippen LogP contribution in [0.25, 0.3) is 0 Å². The highest BCUT2D eigenvalue weighted by Gasteiger charge is 2.25. The van der Waals surface area contributed by atoms with Crippen LogP contribution in [0.4, 0.5) is 0 Å². The van der Waals surface area contributed by atoms with Gasteiger partial charge in [0.2, 0.25) is 5.24 Å². The monoisotopic (exact) mass is 191 g/mol. The summed E-state index contributed by atoms with van der Waals surface area (Å²) in [6, 6.07) is 0.387. The molecule has 0 aliphatic carbocycles. The molecular weight excluding hydrogens is 178 g/mol. The fourth-order valence-corrected chi connectivity index (χ4v) is 1.80. The number of carbonyl (C=O) groups is 1. The minimum absolute atomic E-state index is 0.280. The lowest BCUT2D eigenvalue weighted by Crippen LogP contribution is -2.35. The molecule has 70 valence electrons. The Morgan fingerprint density at radius 3 is 3.08 bits per heavy atom. The summed E-state index contributed by atoms with van der Waals surface area (Å²) >= 11 is 5.30. The Kier molecular flexibility index (Phi) is 3.98. The van der Waals surface area contributed by atoms with Crippen molar-refractivity contribution in [2.75, 3.05) is 26.8 Å². The Hall–Kier alpha value is -0.120. The summed E-state index contributed by atoms with van der Waals surface area (Å²) in [7, 11) is 1.68. The quantitative estimate of drug-likeness (QED) is 0.618. The first kappa shape index (κ1) is 9.96. The molecule has 4 heteroatoms. The number of hydrogen-bond donors (Lipinski definition) is 0. The van der Waals surface area contributed by atoms with Gasteiger partial charge in [-0.2, -0.15) is 0 Å². The summed E-state index contributed by atoms with van der Waals surface area (Å²) in [5, 5.41) is -0.280. The zero-order valence-corrected chi connectivity index (χ0v) is 8.01. The zero-order valence-electron chi connectivity index (χ0n) is 7.25. The molecule has 3 nitrogen and oxygen atoms in total. The van der Waals surface area contributed by atoms with Crippen molar-refractivity contribution in [1.82, 2.24) is 4.90 Å². The maximum absolute atomic E-state index is 10.6. The molecule has 0 saturated carbocycles. The van der Waals surface area contributed by atoms with E-state index in [1.807, 2.05) is 0 Å². The Balaban J connectivity index is 2.35. The van der Waals surface area contributed by atoms with Crippen molar-refractivity contribution < 1.29 is 9.53 Å². The fraction of sp³-hybridized carbons (Fsp3) is 0.875. The van der Waals surface area contributed by atoms with Gasteiger partial charge >= 0.3 is 0 Å². The maximum atomic E-state index is 10.6. The van der Waals surface area contributed by atoms with Gasteiger partial charge in [-0.15, -0.1) is 0 Å². The van der Waals surface area contributed by atoms with E-state index < -0.39 is 0 Å². The first-order chi connectivity index (χ1) is 5.74. The average molecular weight is 192 g/mol. The molecule has 0 radical (unpaired) electrons. The molecule has 0 bridgehead atoms. The Bertz CT molecular complexity index is 163. The van der Waals surface area contributed by atoms with Crippen molar-refractivity contribution in [2.24, 2.45) is 0 Å². The Morgan fingerprint density at radius 1 is 1.75 bits per heavy atom. The van der Waals surface area contributed by atoms with Gasteiger partial charge in [-0.3, -0.25) is 9.69 Å². The second-order valence-electron chi connectivity index (χ2n) is 3.08. The van der Waals surface area contributed by atoms with E-state index in [0.29, 0.717) is 19.2 Å². The number of nitrogens with zero attached hydrogens (tertiary/aromatic N) is 1. The van der Waals surface area contributed by atoms with E-state index in [1.165, 1.54) is 0 Å². The predicted molar refractivity (Wildman–Crippen MR) is 47.3 cm³/mol. The molecular formula is C8H14ClNO2. The van der Waals surface area contributed by atoms with Gasteiger partial charge in [-0.25, -0.2) is 0 Å². The van der Waals surface area contributed by atoms with E-state index in [-0.39, 0.29) is 5.24 Å². The van der Waals surface area contributed by atoms with Crippen molar-refractivity contribution in [3.63, 3.8) is 0 Å². The predicted octanol–water partition coefficient (Wildman–Crippen LogP) is 0.863. The molecule has 0 aromatic rings. The first-order valence-corrected chi connectivity index (χ1v) is 4.53. The molecule has 1 fully saturated rings. The van der Waals surface area contributed by atoms with Crippen molar-refractivity contribution in [3.8, 4) is 0 Å². The second-order valence-corrected chi connectivity index (χ2v) is 3.50. The third kappa shape index (κ3) is 2.73. The van der Waals surface area contributed by atoms with E-state index in [2.05, 4.69) is 4.90 Å². The standard InChI is InChI=1S/C8H14ClNO2/c1-12-6-7-3-2-4-10(7)5-8(9)11/h7H,2-6H2,1H3/t7-/m0/s1. The molecule has 1 rings (SSSR count). The minimum atomic E-state index is -0.280. The molecule has 0 unspecified atom stereocenters. The van der Waals surface area contributed by atoms with Crippen LogP contribution in [0, 0.1) is 0 Å². The van der Waals surface area contributed by atoms with E-state index >= 15 is 0 Å². The van der Waals surface area contributed by atoms with Crippen LogP contribution in [0.2, 0.25) is 0 Å². The van der Waals surface area contributed by atoms with Crippen molar-refractivity contribution >= 4 is 16.8 Å². The van der Waals surface area contributed by atoms with Gasteiger partial charge in [0, 0.05) is 13.2 Å². The lowest BCUT2D eigenvalue weighted by Gasteiger charge is -2.21. The number of methoxy groups -OCH3 is 1. The number of carbonyl (C=O) groups excluding carboxylic acids is 1. The molecule has 0 aromatic heterocycles. The third-order valence-electron chi connectivity index (χ3n) is 2.19. The van der Waals surface area contributed by atoms with Crippen LogP contribution in [-0.4, -0.2) is 43.0 Å². The molecule has 0 amide bonds. The molecule has 0 N–H and O–H groups in total. The van der Waals surface area contributed by atoms with Gasteiger partial charge in [-0.1, -0.05) is 0 Å². The highest BCUT2D eigenvalue weighted by molar-refractivity contribution is 6.64. The highest BCUT2D eigenvalue weighted by Crippen LogP contribution is 2.16. The van der Waals surface area contributed by atoms with Crippen LogP contribution in [0.1, 0.15) is 12.8 Å². The van der Waals surface area contributed by atoms with Crippen LogP contribution in [0.5, 0.6) is 0 Å². The molecule has 1 aliphatic heterocycles. The molecule has 1 atom stereocenters. The van der Waals surface area contributed by atoms with Gasteiger partial charge < -0.3 is 4.74 Å². The van der Waals surface area contributed by atoms with Crippen LogP contribution in [0.15, 0.2) is 0 Å². The SMILES string of the molecule is COC[C@@H]1CCCN1CC(=O)Cl. The fourth-order valence-electron chi connectivity index (χ4n) is 1.64. The topological polar surface area (TPSA) is 29.5 Å². The summed E-state index contributed by atoms with van der Waals surface area (Å²) in [6.07, 6.45) is 2.25. The van der Waals surface area contributed by atoms with Gasteiger partial charge in [-0.05, 0) is 31.0 Å². The van der Waals surface area contributed by atoms with Crippen molar-refractivity contribution in [3.05, 3.63) is 0 Å². The van der Waals surface area contributed by atoms with Crippen molar-refractivity contribution in [2.45, 2.75) is 18.9 Å². The molecule has 0 aromatic carbocycles. The summed E-state index contributed by atoms with van der Waals surface area (Å²) in [4.78, 5) is 12.7. The van der Waals surface area contributed by atoms with E-state index in [0.717, 1.165) is 19.4 Å². The smallest absolute Gasteiger partial charge is 0.235 e. The van der Waals surface area contributed by atoms with Gasteiger partial charge in [0.1, 0.15) is 0 Å². The number of rotatable bonds is 4. The van der Waals surface area contributed by atoms with Gasteiger partial charge in [0.15, 0.2) is 0 Å². The second kappa shape index (κ2) is 4.80. The average Bonchev–Trinajstić information content (AvgIpc) is 2.37. The molecule has 1 aliphatic rings. The van der Waals surface area contributed by atoms with E-state index in [4.69, 9.17) is 16.3 Å². The van der Waals surface area contributed by atoms with Gasteiger partial charge in [0.05, 0.1) is 13.2 Å². The normalized spacial score (nSPS) is 24.7. The lowest BCUT2D eigenvalue weighted by molar-refractivity contribution is -0.113. The number of hydrogen-bond acceptors (Lipinski definition) is 3. The number of likely N-dealkylation sites (tertiary alicyclic amines) is 1. The van der Waals surface area contributed by atoms with Gasteiger partial charge in [0.25, 0.3) is 0 Å². The summed E-state index contributed by atoms with van der Waals surface area (Å²) in [6.45, 7) is 2.02. The van der Waals surface area contributed by atoms with Crippen LogP contribution in [0.3, 0.4) is 0 Å². The summed E-state index contributed by atoms with van der Waals surface area (Å²) < 4.78 is 5.04. The molecule has 12 heavy (non-hydrogen) atoms. The molecule has 1 heterocycles. The highest BCUT2D eigenvalue weighted by atomic mass is 35.5. The summed E-state index contributed by atoms with van der Waals surface area (Å²) in [5.41, 5.74) is 0. The number of ether oxygens (including phenoxy) is 1. The lowest BCUT2D eigenvalue weighted by atomic mass is 10.2. The first-order valence-electron chi connectivity index (χ1n) is 4.15. The largest absolute Gasteiger partial charge is 0.383 e. The zero-order chi connectivity index (χ0) is 8.97. The minimum Gasteiger partial charge on any atom is -0.383 e. The van der Waals surface area contributed by atoms with Crippen LogP contribution >= 0.6 is 11.6 Å². The Morgan fingerprint density at radius 2 is 2.50 bits per heavy atom. The molecule has 1 saturated heterocycles. The van der Waals surface area contributed by atoms with E-state index in [9.17, 15) is 4.79 Å². The third-order valence-corrected chi connectivity index (χ3v) is 2.31. The van der Waals surface area contributed by atoms with E-state index in [1.54, 1.807) is 7.11 Å². The van der Waals surface area contributed by atoms with Crippen molar-refractivity contribution in [1.29, 1.82) is 0 Å². The summed E-state index contributed by atoms with van der Waals surface area (Å²) in [5.74, 6) is 0.